The van der Waals surface area contributed by atoms with Gasteiger partial charge in [-0.2, -0.15) is 4.31 Å². The number of nitrogens with one attached hydrogen (secondary N) is 1. The number of hydrogen-bond acceptors (Lipinski definition) is 3. The third-order valence-electron chi connectivity index (χ3n) is 4.26. The van der Waals surface area contributed by atoms with E-state index in [4.69, 9.17) is 0 Å². The topological polar surface area (TPSA) is 66.5 Å². The lowest BCUT2D eigenvalue weighted by Crippen LogP contribution is -2.35. The second-order valence-electron chi connectivity index (χ2n) is 6.22. The maximum atomic E-state index is 14.1. The van der Waals surface area contributed by atoms with Crippen molar-refractivity contribution in [1.82, 2.24) is 4.31 Å². The molecule has 1 aliphatic rings. The normalized spacial score (nSPS) is 15.5. The van der Waals surface area contributed by atoms with E-state index >= 15 is 0 Å². The van der Waals surface area contributed by atoms with Crippen LogP contribution in [0.5, 0.6) is 0 Å². The number of nitrogens with zero attached hydrogens (tertiary/aromatic N) is 1. The van der Waals surface area contributed by atoms with E-state index in [2.05, 4.69) is 5.32 Å². The van der Waals surface area contributed by atoms with E-state index in [1.807, 2.05) is 0 Å². The number of rotatable bonds is 4. The summed E-state index contributed by atoms with van der Waals surface area (Å²) in [5, 5.41) is 2.17. The molecule has 1 saturated heterocycles. The lowest BCUT2D eigenvalue weighted by atomic mass is 10.2. The van der Waals surface area contributed by atoms with Crippen LogP contribution in [-0.2, 0) is 10.0 Å². The van der Waals surface area contributed by atoms with Crippen LogP contribution in [-0.4, -0.2) is 31.7 Å². The van der Waals surface area contributed by atoms with Gasteiger partial charge < -0.3 is 5.32 Å². The summed E-state index contributed by atoms with van der Waals surface area (Å²) >= 11 is 0. The number of anilines is 1. The first-order chi connectivity index (χ1) is 12.8. The van der Waals surface area contributed by atoms with Crippen LogP contribution in [0.4, 0.5) is 18.9 Å². The Morgan fingerprint density at radius 2 is 1.56 bits per heavy atom. The third-order valence-corrected chi connectivity index (χ3v) is 6.15. The molecule has 1 aliphatic heterocycles. The summed E-state index contributed by atoms with van der Waals surface area (Å²) in [6, 6.07) is 5.28. The van der Waals surface area contributed by atoms with Crippen molar-refractivity contribution in [2.45, 2.75) is 24.2 Å². The summed E-state index contributed by atoms with van der Waals surface area (Å²) in [7, 11) is -3.85. The second-order valence-corrected chi connectivity index (χ2v) is 8.16. The zero-order chi connectivity index (χ0) is 19.6. The Balaban J connectivity index is 1.89. The summed E-state index contributed by atoms with van der Waals surface area (Å²) in [5.74, 6) is -3.77. The maximum absolute atomic E-state index is 14.1. The Morgan fingerprint density at radius 1 is 0.926 bits per heavy atom. The largest absolute Gasteiger partial charge is 0.322 e. The maximum Gasteiger partial charge on any atom is 0.258 e. The molecule has 1 heterocycles. The van der Waals surface area contributed by atoms with Gasteiger partial charge >= 0.3 is 0 Å². The van der Waals surface area contributed by atoms with Crippen LogP contribution in [0.3, 0.4) is 0 Å². The lowest BCUT2D eigenvalue weighted by molar-refractivity contribution is 0.102. The average Bonchev–Trinajstić information content (AvgIpc) is 2.61. The molecule has 0 spiro atoms. The molecule has 3 rings (SSSR count). The molecule has 2 aromatic carbocycles. The van der Waals surface area contributed by atoms with Crippen LogP contribution >= 0.6 is 0 Å². The number of amides is 1. The molecule has 0 saturated carbocycles. The molecule has 0 radical (unpaired) electrons. The van der Waals surface area contributed by atoms with Crippen molar-refractivity contribution in [2.75, 3.05) is 18.4 Å². The molecule has 0 aliphatic carbocycles. The number of sulfonamides is 1. The quantitative estimate of drug-likeness (QED) is 0.857. The van der Waals surface area contributed by atoms with Crippen molar-refractivity contribution in [3.8, 4) is 0 Å². The van der Waals surface area contributed by atoms with Gasteiger partial charge in [0.05, 0.1) is 10.5 Å². The molecule has 0 bridgehead atoms. The van der Waals surface area contributed by atoms with Crippen molar-refractivity contribution >= 4 is 21.6 Å². The average molecular weight is 398 g/mol. The van der Waals surface area contributed by atoms with Crippen molar-refractivity contribution in [1.29, 1.82) is 0 Å². The fraction of sp³-hybridized carbons (Fsp3) is 0.278. The molecule has 1 amide bonds. The van der Waals surface area contributed by atoms with Gasteiger partial charge in [0, 0.05) is 24.8 Å². The van der Waals surface area contributed by atoms with Crippen LogP contribution < -0.4 is 5.32 Å². The molecular formula is C18H17F3N2O3S. The molecule has 2 aromatic rings. The fourth-order valence-corrected chi connectivity index (χ4v) is 4.46. The molecule has 9 heteroatoms. The molecule has 5 nitrogen and oxygen atoms in total. The smallest absolute Gasteiger partial charge is 0.258 e. The van der Waals surface area contributed by atoms with E-state index in [1.165, 1.54) is 4.31 Å². The Hall–Kier alpha value is -2.39. The Bertz CT molecular complexity index is 954. The number of piperidine rings is 1. The van der Waals surface area contributed by atoms with Crippen LogP contribution in [0.1, 0.15) is 29.6 Å². The highest BCUT2D eigenvalue weighted by Crippen LogP contribution is 2.23. The fourth-order valence-electron chi connectivity index (χ4n) is 2.92. The first-order valence-electron chi connectivity index (χ1n) is 8.34. The van der Waals surface area contributed by atoms with E-state index in [0.717, 1.165) is 49.6 Å². The minimum Gasteiger partial charge on any atom is -0.322 e. The summed E-state index contributed by atoms with van der Waals surface area (Å²) in [6.45, 7) is 0.730. The highest BCUT2D eigenvalue weighted by molar-refractivity contribution is 7.89. The van der Waals surface area contributed by atoms with Gasteiger partial charge in [-0.3, -0.25) is 4.79 Å². The Morgan fingerprint density at radius 3 is 2.19 bits per heavy atom. The van der Waals surface area contributed by atoms with Crippen molar-refractivity contribution < 1.29 is 26.4 Å². The molecular weight excluding hydrogens is 381 g/mol. The number of hydrogen-bond donors (Lipinski definition) is 1. The molecule has 1 N–H and O–H groups in total. The Kier molecular flexibility index (Phi) is 5.52. The van der Waals surface area contributed by atoms with Crippen LogP contribution in [0, 0.1) is 17.5 Å². The first-order valence-corrected chi connectivity index (χ1v) is 9.78. The SMILES string of the molecule is O=C(Nc1cc(F)cc(F)c1)c1cc(S(=O)(=O)N2CCCCC2)ccc1F. The predicted octanol–water partition coefficient (Wildman–Crippen LogP) is 3.53. The first kappa shape index (κ1) is 19.4. The van der Waals surface area contributed by atoms with E-state index < -0.39 is 38.9 Å². The van der Waals surface area contributed by atoms with Gasteiger partial charge in [0.25, 0.3) is 5.91 Å². The van der Waals surface area contributed by atoms with Gasteiger partial charge in [-0.25, -0.2) is 21.6 Å². The van der Waals surface area contributed by atoms with Crippen LogP contribution in [0.15, 0.2) is 41.3 Å². The summed E-state index contributed by atoms with van der Waals surface area (Å²) in [4.78, 5) is 12.1. The minimum absolute atomic E-state index is 0.207. The van der Waals surface area contributed by atoms with Gasteiger partial charge in [-0.1, -0.05) is 6.42 Å². The molecule has 0 aromatic heterocycles. The van der Waals surface area contributed by atoms with E-state index in [0.29, 0.717) is 19.2 Å². The number of benzene rings is 2. The van der Waals surface area contributed by atoms with Crippen molar-refractivity contribution in [3.63, 3.8) is 0 Å². The van der Waals surface area contributed by atoms with Crippen LogP contribution in [0.25, 0.3) is 0 Å². The van der Waals surface area contributed by atoms with Crippen LogP contribution in [0.2, 0.25) is 0 Å². The van der Waals surface area contributed by atoms with Gasteiger partial charge in [0.15, 0.2) is 0 Å². The second kappa shape index (κ2) is 7.69. The monoisotopic (exact) mass is 398 g/mol. The zero-order valence-electron chi connectivity index (χ0n) is 14.2. The summed E-state index contributed by atoms with van der Waals surface area (Å²) in [5.41, 5.74) is -0.737. The predicted molar refractivity (Wildman–Crippen MR) is 93.3 cm³/mol. The lowest BCUT2D eigenvalue weighted by Gasteiger charge is -2.26. The van der Waals surface area contributed by atoms with Gasteiger partial charge in [0.2, 0.25) is 10.0 Å². The van der Waals surface area contributed by atoms with Gasteiger partial charge in [-0.15, -0.1) is 0 Å². The van der Waals surface area contributed by atoms with Gasteiger partial charge in [-0.05, 0) is 43.2 Å². The molecule has 0 unspecified atom stereocenters. The summed E-state index contributed by atoms with van der Waals surface area (Å²) in [6.07, 6.45) is 2.41. The minimum atomic E-state index is -3.85. The summed E-state index contributed by atoms with van der Waals surface area (Å²) < 4.78 is 67.3. The molecule has 27 heavy (non-hydrogen) atoms. The molecule has 0 atom stereocenters. The number of halogens is 3. The third kappa shape index (κ3) is 4.30. The highest BCUT2D eigenvalue weighted by Gasteiger charge is 2.27. The Labute approximate surface area is 154 Å². The van der Waals surface area contributed by atoms with Gasteiger partial charge in [0.1, 0.15) is 17.5 Å². The van der Waals surface area contributed by atoms with Crippen molar-refractivity contribution in [3.05, 3.63) is 59.4 Å². The molecule has 1 fully saturated rings. The van der Waals surface area contributed by atoms with E-state index in [9.17, 15) is 26.4 Å². The standard InChI is InChI=1S/C18H17F3N2O3S/c19-12-8-13(20)10-14(9-12)22-18(24)16-11-15(4-5-17(16)21)27(25,26)23-6-2-1-3-7-23/h4-5,8-11H,1-3,6-7H2,(H,22,24). The number of carbonyl (C=O) groups is 1. The van der Waals surface area contributed by atoms with E-state index in [-0.39, 0.29) is 10.6 Å². The van der Waals surface area contributed by atoms with E-state index in [1.54, 1.807) is 0 Å². The number of carbonyl (C=O) groups excluding carboxylic acids is 1. The zero-order valence-corrected chi connectivity index (χ0v) is 15.0. The molecule has 144 valence electrons. The highest BCUT2D eigenvalue weighted by atomic mass is 32.2. The van der Waals surface area contributed by atoms with Crippen molar-refractivity contribution in [2.24, 2.45) is 0 Å².